The van der Waals surface area contributed by atoms with Crippen molar-refractivity contribution in [2.24, 2.45) is 5.92 Å². The number of sulfonamides is 1. The number of benzene rings is 2. The first kappa shape index (κ1) is 20.6. The van der Waals surface area contributed by atoms with E-state index in [1.165, 1.54) is 34.6 Å². The summed E-state index contributed by atoms with van der Waals surface area (Å²) in [4.78, 5) is 12.8. The number of aryl methyl sites for hydroxylation is 1. The zero-order valence-electron chi connectivity index (χ0n) is 16.8. The highest BCUT2D eigenvalue weighted by molar-refractivity contribution is 7.89. The second kappa shape index (κ2) is 7.85. The lowest BCUT2D eigenvalue weighted by Crippen LogP contribution is -2.39. The number of anilines is 1. The maximum absolute atomic E-state index is 13.5. The van der Waals surface area contributed by atoms with Crippen molar-refractivity contribution in [1.29, 1.82) is 0 Å². The monoisotopic (exact) mass is 430 g/mol. The quantitative estimate of drug-likeness (QED) is 0.658. The van der Waals surface area contributed by atoms with Gasteiger partial charge in [-0.25, -0.2) is 12.8 Å². The SMILES string of the molecule is Cc1c(C(=O)Nc2ccc(S(=O)(=O)N3CCCC(C)C3)cc2)oc2ccc(F)cc12. The maximum Gasteiger partial charge on any atom is 0.291 e. The Morgan fingerprint density at radius 3 is 2.63 bits per heavy atom. The molecular formula is C22H23FN2O4S. The van der Waals surface area contributed by atoms with Gasteiger partial charge in [0.15, 0.2) is 5.76 Å². The molecule has 0 bridgehead atoms. The molecule has 1 atom stereocenters. The minimum Gasteiger partial charge on any atom is -0.451 e. The van der Waals surface area contributed by atoms with E-state index in [-0.39, 0.29) is 10.7 Å². The fourth-order valence-electron chi connectivity index (χ4n) is 3.82. The molecule has 0 aliphatic carbocycles. The van der Waals surface area contributed by atoms with E-state index < -0.39 is 21.7 Å². The number of carbonyl (C=O) groups excluding carboxylic acids is 1. The number of carbonyl (C=O) groups is 1. The number of amides is 1. The van der Waals surface area contributed by atoms with Crippen molar-refractivity contribution < 1.29 is 22.0 Å². The maximum atomic E-state index is 13.5. The van der Waals surface area contributed by atoms with Gasteiger partial charge in [-0.05, 0) is 68.1 Å². The molecule has 0 spiro atoms. The average Bonchev–Trinajstić information content (AvgIpc) is 3.04. The molecule has 0 saturated carbocycles. The molecule has 6 nitrogen and oxygen atoms in total. The zero-order chi connectivity index (χ0) is 21.5. The minimum absolute atomic E-state index is 0.0922. The number of nitrogens with zero attached hydrogens (tertiary/aromatic N) is 1. The van der Waals surface area contributed by atoms with Crippen molar-refractivity contribution in [3.8, 4) is 0 Å². The summed E-state index contributed by atoms with van der Waals surface area (Å²) in [5.74, 6) is -0.454. The molecule has 1 N–H and O–H groups in total. The number of furan rings is 1. The third-order valence-corrected chi connectivity index (χ3v) is 7.35. The van der Waals surface area contributed by atoms with Crippen molar-refractivity contribution in [3.63, 3.8) is 0 Å². The van der Waals surface area contributed by atoms with Gasteiger partial charge in [0.1, 0.15) is 11.4 Å². The first-order chi connectivity index (χ1) is 14.3. The Labute approximate surface area is 174 Å². The second-order valence-electron chi connectivity index (χ2n) is 7.79. The van der Waals surface area contributed by atoms with Gasteiger partial charge in [-0.1, -0.05) is 6.92 Å². The van der Waals surface area contributed by atoms with Crippen LogP contribution in [-0.4, -0.2) is 31.7 Å². The minimum atomic E-state index is -3.55. The lowest BCUT2D eigenvalue weighted by atomic mass is 10.0. The van der Waals surface area contributed by atoms with Gasteiger partial charge >= 0.3 is 0 Å². The van der Waals surface area contributed by atoms with E-state index in [4.69, 9.17) is 4.42 Å². The van der Waals surface area contributed by atoms with Crippen LogP contribution in [0.4, 0.5) is 10.1 Å². The Hall–Kier alpha value is -2.71. The van der Waals surface area contributed by atoms with E-state index in [0.717, 1.165) is 12.8 Å². The van der Waals surface area contributed by atoms with Crippen LogP contribution < -0.4 is 5.32 Å². The molecule has 1 aliphatic rings. The van der Waals surface area contributed by atoms with Crippen LogP contribution >= 0.6 is 0 Å². The Morgan fingerprint density at radius 2 is 1.93 bits per heavy atom. The van der Waals surface area contributed by atoms with Crippen molar-refractivity contribution in [1.82, 2.24) is 4.31 Å². The highest BCUT2D eigenvalue weighted by Crippen LogP contribution is 2.28. The third-order valence-electron chi connectivity index (χ3n) is 5.47. The van der Waals surface area contributed by atoms with Gasteiger partial charge in [0, 0.05) is 29.7 Å². The molecule has 1 aliphatic heterocycles. The Balaban J connectivity index is 1.52. The topological polar surface area (TPSA) is 79.6 Å². The van der Waals surface area contributed by atoms with Gasteiger partial charge < -0.3 is 9.73 Å². The van der Waals surface area contributed by atoms with Gasteiger partial charge in [0.25, 0.3) is 5.91 Å². The molecule has 2 aromatic carbocycles. The molecule has 1 aromatic heterocycles. The van der Waals surface area contributed by atoms with Crippen LogP contribution in [0, 0.1) is 18.7 Å². The van der Waals surface area contributed by atoms with Crippen molar-refractivity contribution in [2.45, 2.75) is 31.6 Å². The van der Waals surface area contributed by atoms with E-state index in [9.17, 15) is 17.6 Å². The van der Waals surface area contributed by atoms with Crippen molar-refractivity contribution >= 4 is 32.6 Å². The van der Waals surface area contributed by atoms with Crippen LogP contribution in [0.25, 0.3) is 11.0 Å². The highest BCUT2D eigenvalue weighted by atomic mass is 32.2. The molecule has 3 aromatic rings. The number of hydrogen-bond donors (Lipinski definition) is 1. The predicted octanol–water partition coefficient (Wildman–Crippen LogP) is 4.55. The average molecular weight is 431 g/mol. The van der Waals surface area contributed by atoms with Crippen LogP contribution in [0.1, 0.15) is 35.9 Å². The fourth-order valence-corrected chi connectivity index (χ4v) is 5.42. The van der Waals surface area contributed by atoms with Crippen LogP contribution in [0.3, 0.4) is 0 Å². The molecule has 30 heavy (non-hydrogen) atoms. The van der Waals surface area contributed by atoms with Crippen molar-refractivity contribution in [2.75, 3.05) is 18.4 Å². The van der Waals surface area contributed by atoms with E-state index in [0.29, 0.717) is 41.2 Å². The first-order valence-electron chi connectivity index (χ1n) is 9.86. The highest BCUT2D eigenvalue weighted by Gasteiger charge is 2.28. The number of fused-ring (bicyclic) bond motifs is 1. The first-order valence-corrected chi connectivity index (χ1v) is 11.3. The van der Waals surface area contributed by atoms with E-state index in [1.807, 2.05) is 0 Å². The second-order valence-corrected chi connectivity index (χ2v) is 9.72. The van der Waals surface area contributed by atoms with Crippen LogP contribution in [0.5, 0.6) is 0 Å². The van der Waals surface area contributed by atoms with Crippen molar-refractivity contribution in [3.05, 3.63) is 59.6 Å². The molecule has 1 fully saturated rings. The third kappa shape index (κ3) is 3.85. The summed E-state index contributed by atoms with van der Waals surface area (Å²) in [7, 11) is -3.55. The largest absolute Gasteiger partial charge is 0.451 e. The number of hydrogen-bond acceptors (Lipinski definition) is 4. The summed E-state index contributed by atoms with van der Waals surface area (Å²) < 4.78 is 46.3. The summed E-state index contributed by atoms with van der Waals surface area (Å²) in [6.45, 7) is 4.79. The molecule has 1 saturated heterocycles. The van der Waals surface area contributed by atoms with Gasteiger partial charge in [0.2, 0.25) is 10.0 Å². The van der Waals surface area contributed by atoms with Gasteiger partial charge in [0.05, 0.1) is 4.90 Å². The smallest absolute Gasteiger partial charge is 0.291 e. The molecular weight excluding hydrogens is 407 g/mol. The van der Waals surface area contributed by atoms with E-state index >= 15 is 0 Å². The molecule has 1 unspecified atom stereocenters. The van der Waals surface area contributed by atoms with E-state index in [2.05, 4.69) is 12.2 Å². The summed E-state index contributed by atoms with van der Waals surface area (Å²) >= 11 is 0. The molecule has 0 radical (unpaired) electrons. The predicted molar refractivity (Wildman–Crippen MR) is 112 cm³/mol. The summed E-state index contributed by atoms with van der Waals surface area (Å²) in [6, 6.07) is 10.2. The summed E-state index contributed by atoms with van der Waals surface area (Å²) in [5.41, 5.74) is 1.41. The molecule has 1 amide bonds. The van der Waals surface area contributed by atoms with Gasteiger partial charge in [-0.15, -0.1) is 0 Å². The van der Waals surface area contributed by atoms with Gasteiger partial charge in [-0.3, -0.25) is 4.79 Å². The zero-order valence-corrected chi connectivity index (χ0v) is 17.6. The summed E-state index contributed by atoms with van der Waals surface area (Å²) in [5, 5.41) is 3.24. The normalized spacial score (nSPS) is 17.9. The molecule has 158 valence electrons. The molecule has 4 rings (SSSR count). The lowest BCUT2D eigenvalue weighted by Gasteiger charge is -2.30. The number of halogens is 1. The fraction of sp³-hybridized carbons (Fsp3) is 0.318. The molecule has 8 heteroatoms. The van der Waals surface area contributed by atoms with Gasteiger partial charge in [-0.2, -0.15) is 4.31 Å². The van der Waals surface area contributed by atoms with E-state index in [1.54, 1.807) is 19.1 Å². The van der Waals surface area contributed by atoms with Crippen LogP contribution in [0.2, 0.25) is 0 Å². The number of piperidine rings is 1. The number of rotatable bonds is 4. The van der Waals surface area contributed by atoms with Crippen LogP contribution in [0.15, 0.2) is 51.8 Å². The summed E-state index contributed by atoms with van der Waals surface area (Å²) in [6.07, 6.45) is 1.89. The standard InChI is InChI=1S/C22H23FN2O4S/c1-14-4-3-11-25(13-14)30(27,28)18-8-6-17(7-9-18)24-22(26)21-15(2)19-12-16(23)5-10-20(19)29-21/h5-10,12,14H,3-4,11,13H2,1-2H3,(H,24,26). The Kier molecular flexibility index (Phi) is 5.38. The number of nitrogens with one attached hydrogen (secondary N) is 1. The Bertz CT molecular complexity index is 1200. The lowest BCUT2D eigenvalue weighted by molar-refractivity contribution is 0.0998. The Morgan fingerprint density at radius 1 is 1.20 bits per heavy atom. The molecule has 2 heterocycles. The van der Waals surface area contributed by atoms with Crippen LogP contribution in [-0.2, 0) is 10.0 Å².